The molecule has 1 heterocycles. The van der Waals surface area contributed by atoms with E-state index in [-0.39, 0.29) is 5.91 Å². The second kappa shape index (κ2) is 6.83. The fourth-order valence-electron chi connectivity index (χ4n) is 2.29. The van der Waals surface area contributed by atoms with Crippen molar-refractivity contribution in [2.75, 3.05) is 40.3 Å². The molecule has 0 saturated carbocycles. The predicted octanol–water partition coefficient (Wildman–Crippen LogP) is -0.360. The monoisotopic (exact) mass is 228 g/mol. The summed E-state index contributed by atoms with van der Waals surface area (Å²) in [5, 5.41) is 0. The summed E-state index contributed by atoms with van der Waals surface area (Å²) in [6.07, 6.45) is 2.69. The summed E-state index contributed by atoms with van der Waals surface area (Å²) in [5.41, 5.74) is 2.15. The van der Waals surface area contributed by atoms with Gasteiger partial charge < -0.3 is 9.80 Å². The number of nitrogens with one attached hydrogen (secondary N) is 1. The van der Waals surface area contributed by atoms with Crippen LogP contribution in [-0.4, -0.2) is 56.0 Å². The first kappa shape index (κ1) is 13.4. The van der Waals surface area contributed by atoms with Crippen LogP contribution in [0.4, 0.5) is 0 Å². The molecule has 0 bridgehead atoms. The number of nitrogens with two attached hydrogens (primary N) is 1. The maximum Gasteiger partial charge on any atom is 0.233 e. The van der Waals surface area contributed by atoms with Gasteiger partial charge in [-0.1, -0.05) is 0 Å². The molecule has 3 N–H and O–H groups in total. The number of hydrogen-bond acceptors (Lipinski definition) is 4. The number of nitrogens with zero attached hydrogens (tertiary/aromatic N) is 2. The van der Waals surface area contributed by atoms with Crippen LogP contribution < -0.4 is 11.3 Å². The minimum absolute atomic E-state index is 0.0750. The molecule has 0 aromatic carbocycles. The van der Waals surface area contributed by atoms with E-state index in [1.54, 1.807) is 0 Å². The van der Waals surface area contributed by atoms with Gasteiger partial charge in [-0.05, 0) is 45.9 Å². The highest BCUT2D eigenvalue weighted by atomic mass is 16.2. The lowest BCUT2D eigenvalue weighted by molar-refractivity contribution is -0.121. The topological polar surface area (TPSA) is 61.6 Å². The van der Waals surface area contributed by atoms with Crippen LogP contribution in [0.5, 0.6) is 0 Å². The fraction of sp³-hybridized carbons (Fsp3) is 0.909. The molecule has 0 radical (unpaired) electrons. The van der Waals surface area contributed by atoms with Crippen LogP contribution in [0.15, 0.2) is 0 Å². The molecule has 1 unspecified atom stereocenters. The number of likely N-dealkylation sites (tertiary alicyclic amines) is 1. The molecule has 0 aromatic rings. The zero-order valence-electron chi connectivity index (χ0n) is 10.4. The molecule has 0 spiro atoms. The van der Waals surface area contributed by atoms with Crippen molar-refractivity contribution >= 4 is 5.91 Å². The van der Waals surface area contributed by atoms with Gasteiger partial charge in [0.2, 0.25) is 5.91 Å². The summed E-state index contributed by atoms with van der Waals surface area (Å²) >= 11 is 0. The fourth-order valence-corrected chi connectivity index (χ4v) is 2.29. The average molecular weight is 228 g/mol. The normalized spacial score (nSPS) is 21.6. The second-order valence-corrected chi connectivity index (χ2v) is 4.85. The number of carbonyl (C=O) groups excluding carboxylic acids is 1. The van der Waals surface area contributed by atoms with Gasteiger partial charge in [-0.3, -0.25) is 10.2 Å². The molecule has 1 aliphatic rings. The van der Waals surface area contributed by atoms with Crippen LogP contribution in [0.25, 0.3) is 0 Å². The third-order valence-electron chi connectivity index (χ3n) is 3.16. The summed E-state index contributed by atoms with van der Waals surface area (Å²) in [6, 6.07) is 0. The molecule has 94 valence electrons. The zero-order chi connectivity index (χ0) is 12.0. The number of amides is 1. The highest BCUT2D eigenvalue weighted by Crippen LogP contribution is 2.15. The lowest BCUT2D eigenvalue weighted by Gasteiger charge is -2.20. The number of hydrazine groups is 1. The van der Waals surface area contributed by atoms with Crippen molar-refractivity contribution in [3.8, 4) is 0 Å². The van der Waals surface area contributed by atoms with Gasteiger partial charge in [-0.2, -0.15) is 0 Å². The van der Waals surface area contributed by atoms with E-state index < -0.39 is 0 Å². The van der Waals surface area contributed by atoms with Crippen LogP contribution in [0, 0.1) is 5.92 Å². The van der Waals surface area contributed by atoms with Crippen molar-refractivity contribution in [3.05, 3.63) is 0 Å². The van der Waals surface area contributed by atoms with Crippen LogP contribution in [-0.2, 0) is 4.79 Å². The van der Waals surface area contributed by atoms with E-state index in [0.717, 1.165) is 25.4 Å². The first-order chi connectivity index (χ1) is 7.61. The van der Waals surface area contributed by atoms with E-state index in [4.69, 9.17) is 5.84 Å². The first-order valence-corrected chi connectivity index (χ1v) is 5.98. The van der Waals surface area contributed by atoms with Crippen LogP contribution >= 0.6 is 0 Å². The van der Waals surface area contributed by atoms with Gasteiger partial charge in [-0.15, -0.1) is 0 Å². The van der Waals surface area contributed by atoms with Crippen LogP contribution in [0.3, 0.4) is 0 Å². The Morgan fingerprint density at radius 3 is 2.94 bits per heavy atom. The Morgan fingerprint density at radius 1 is 1.62 bits per heavy atom. The molecule has 1 fully saturated rings. The molecule has 1 amide bonds. The average Bonchev–Trinajstić information content (AvgIpc) is 2.63. The minimum Gasteiger partial charge on any atom is -0.306 e. The molecule has 5 heteroatoms. The Morgan fingerprint density at radius 2 is 2.38 bits per heavy atom. The molecule has 0 aliphatic carbocycles. The lowest BCUT2D eigenvalue weighted by Crippen LogP contribution is -2.32. The number of hydrogen-bond donors (Lipinski definition) is 2. The van der Waals surface area contributed by atoms with E-state index in [1.807, 2.05) is 0 Å². The molecular weight excluding hydrogens is 204 g/mol. The van der Waals surface area contributed by atoms with Crippen molar-refractivity contribution in [1.82, 2.24) is 15.2 Å². The predicted molar refractivity (Wildman–Crippen MR) is 64.7 cm³/mol. The van der Waals surface area contributed by atoms with Gasteiger partial charge in [0.1, 0.15) is 0 Å². The standard InChI is InChI=1S/C11H24N4O/c1-14(6-3-4-11(16)13-12)8-10-5-7-15(2)9-10/h10H,3-9,12H2,1-2H3,(H,13,16). The molecule has 0 aromatic heterocycles. The van der Waals surface area contributed by atoms with E-state index in [0.29, 0.717) is 6.42 Å². The van der Waals surface area contributed by atoms with Crippen molar-refractivity contribution in [2.45, 2.75) is 19.3 Å². The van der Waals surface area contributed by atoms with E-state index >= 15 is 0 Å². The molecule has 1 saturated heterocycles. The SMILES string of the molecule is CN(CCCC(=O)NN)CC1CCN(C)C1. The molecule has 16 heavy (non-hydrogen) atoms. The van der Waals surface area contributed by atoms with Crippen molar-refractivity contribution in [1.29, 1.82) is 0 Å². The summed E-state index contributed by atoms with van der Waals surface area (Å²) in [7, 11) is 4.30. The molecule has 1 rings (SSSR count). The number of rotatable bonds is 6. The largest absolute Gasteiger partial charge is 0.306 e. The number of carbonyl (C=O) groups is 1. The van der Waals surface area contributed by atoms with Crippen molar-refractivity contribution in [3.63, 3.8) is 0 Å². The highest BCUT2D eigenvalue weighted by Gasteiger charge is 2.20. The van der Waals surface area contributed by atoms with E-state index in [2.05, 4.69) is 29.3 Å². The first-order valence-electron chi connectivity index (χ1n) is 5.98. The van der Waals surface area contributed by atoms with Crippen LogP contribution in [0.2, 0.25) is 0 Å². The van der Waals surface area contributed by atoms with Gasteiger partial charge in [0.15, 0.2) is 0 Å². The van der Waals surface area contributed by atoms with Crippen molar-refractivity contribution < 1.29 is 4.79 Å². The quantitative estimate of drug-likeness (QED) is 0.370. The Hall–Kier alpha value is -0.650. The lowest BCUT2D eigenvalue weighted by atomic mass is 10.1. The van der Waals surface area contributed by atoms with Crippen LogP contribution in [0.1, 0.15) is 19.3 Å². The van der Waals surface area contributed by atoms with Gasteiger partial charge in [0.25, 0.3) is 0 Å². The van der Waals surface area contributed by atoms with E-state index in [1.165, 1.54) is 19.5 Å². The summed E-state index contributed by atoms with van der Waals surface area (Å²) in [6.45, 7) is 4.52. The van der Waals surface area contributed by atoms with E-state index in [9.17, 15) is 4.79 Å². The van der Waals surface area contributed by atoms with Gasteiger partial charge in [0, 0.05) is 19.5 Å². The molecule has 1 atom stereocenters. The third-order valence-corrected chi connectivity index (χ3v) is 3.16. The smallest absolute Gasteiger partial charge is 0.233 e. The zero-order valence-corrected chi connectivity index (χ0v) is 10.4. The molecule has 5 nitrogen and oxygen atoms in total. The van der Waals surface area contributed by atoms with Gasteiger partial charge in [0.05, 0.1) is 0 Å². The Kier molecular flexibility index (Phi) is 5.73. The Balaban J connectivity index is 2.06. The Bertz CT molecular complexity index is 222. The van der Waals surface area contributed by atoms with Crippen molar-refractivity contribution in [2.24, 2.45) is 11.8 Å². The van der Waals surface area contributed by atoms with Gasteiger partial charge >= 0.3 is 0 Å². The molecule has 1 aliphatic heterocycles. The third kappa shape index (κ3) is 4.92. The maximum atomic E-state index is 10.9. The summed E-state index contributed by atoms with van der Waals surface area (Å²) < 4.78 is 0. The highest BCUT2D eigenvalue weighted by molar-refractivity contribution is 5.75. The Labute approximate surface area is 97.9 Å². The maximum absolute atomic E-state index is 10.9. The molecular formula is C11H24N4O. The minimum atomic E-state index is -0.0750. The second-order valence-electron chi connectivity index (χ2n) is 4.85. The summed E-state index contributed by atoms with van der Waals surface area (Å²) in [4.78, 5) is 15.6. The van der Waals surface area contributed by atoms with Gasteiger partial charge in [-0.25, -0.2) is 5.84 Å². The summed E-state index contributed by atoms with van der Waals surface area (Å²) in [5.74, 6) is 5.73.